The van der Waals surface area contributed by atoms with Gasteiger partial charge in [0.1, 0.15) is 0 Å². The molecule has 0 aliphatic rings. The summed E-state index contributed by atoms with van der Waals surface area (Å²) in [7, 11) is 0. The molecule has 0 radical (unpaired) electrons. The van der Waals surface area contributed by atoms with Gasteiger partial charge in [0.25, 0.3) is 0 Å². The highest BCUT2D eigenvalue weighted by atomic mass is 32.1. The summed E-state index contributed by atoms with van der Waals surface area (Å²) in [5, 5.41) is 10.8. The second-order valence-corrected chi connectivity index (χ2v) is 6.49. The van der Waals surface area contributed by atoms with E-state index in [1.807, 2.05) is 53.8 Å². The minimum atomic E-state index is 0.531. The third kappa shape index (κ3) is 2.58. The van der Waals surface area contributed by atoms with Crippen LogP contribution in [0.15, 0.2) is 78.9 Å². The Morgan fingerprint density at radius 3 is 2.39 bits per heavy atom. The number of hydrogen-bond acceptors (Lipinski definition) is 2. The fourth-order valence-electron chi connectivity index (χ4n) is 2.79. The van der Waals surface area contributed by atoms with Gasteiger partial charge in [-0.1, -0.05) is 72.8 Å². The summed E-state index contributed by atoms with van der Waals surface area (Å²) in [6.45, 7) is 0. The lowest BCUT2D eigenvalue weighted by molar-refractivity contribution is 1.50. The van der Waals surface area contributed by atoms with Crippen molar-refractivity contribution in [3.8, 4) is 0 Å². The van der Waals surface area contributed by atoms with E-state index in [-0.39, 0.29) is 0 Å². The summed E-state index contributed by atoms with van der Waals surface area (Å²) in [5.74, 6) is 0. The number of allylic oxidation sites excluding steroid dienone is 1. The molecule has 0 unspecified atom stereocenters. The van der Waals surface area contributed by atoms with Crippen LogP contribution in [0, 0.1) is 5.41 Å². The first-order valence-electron chi connectivity index (χ1n) is 7.55. The fourth-order valence-corrected chi connectivity index (χ4v) is 3.98. The number of hydrogen-bond donors (Lipinski definition) is 1. The van der Waals surface area contributed by atoms with Gasteiger partial charge in [0, 0.05) is 20.2 Å². The van der Waals surface area contributed by atoms with E-state index < -0.39 is 0 Å². The third-order valence-corrected chi connectivity index (χ3v) is 5.18. The highest BCUT2D eigenvalue weighted by molar-refractivity contribution is 7.26. The molecule has 4 aromatic rings. The van der Waals surface area contributed by atoms with Crippen molar-refractivity contribution in [2.45, 2.75) is 0 Å². The summed E-state index contributed by atoms with van der Waals surface area (Å²) in [6.07, 6.45) is 3.93. The molecule has 1 nitrogen and oxygen atoms in total. The topological polar surface area (TPSA) is 23.9 Å². The number of thiophene rings is 1. The third-order valence-electron chi connectivity index (χ3n) is 3.95. The smallest absolute Gasteiger partial charge is 0.0612 e. The van der Waals surface area contributed by atoms with Gasteiger partial charge in [-0.2, -0.15) is 0 Å². The van der Waals surface area contributed by atoms with Gasteiger partial charge in [-0.25, -0.2) is 0 Å². The van der Waals surface area contributed by atoms with Gasteiger partial charge in [0.15, 0.2) is 0 Å². The van der Waals surface area contributed by atoms with E-state index in [0.29, 0.717) is 5.71 Å². The van der Waals surface area contributed by atoms with Crippen LogP contribution >= 0.6 is 11.3 Å². The standard InChI is InChI=1S/C21H15NS/c22-19(15-7-2-1-3-8-15)14-13-16-9-6-11-18-17-10-4-5-12-20(17)23-21(16)18/h1-14,22H/b14-13+,22-19?. The summed E-state index contributed by atoms with van der Waals surface area (Å²) in [6, 6.07) is 24.7. The summed E-state index contributed by atoms with van der Waals surface area (Å²) in [5.41, 5.74) is 2.64. The van der Waals surface area contributed by atoms with Gasteiger partial charge in [0.05, 0.1) is 5.71 Å². The first kappa shape index (κ1) is 13.9. The maximum atomic E-state index is 8.21. The predicted molar refractivity (Wildman–Crippen MR) is 102 cm³/mol. The van der Waals surface area contributed by atoms with Crippen LogP contribution < -0.4 is 0 Å². The molecule has 110 valence electrons. The molecule has 0 amide bonds. The van der Waals surface area contributed by atoms with Crippen LogP contribution in [0.1, 0.15) is 11.1 Å². The molecule has 3 aromatic carbocycles. The van der Waals surface area contributed by atoms with Crippen LogP contribution in [0.4, 0.5) is 0 Å². The second kappa shape index (κ2) is 5.82. The van der Waals surface area contributed by atoms with Gasteiger partial charge >= 0.3 is 0 Å². The minimum absolute atomic E-state index is 0.531. The summed E-state index contributed by atoms with van der Waals surface area (Å²) >= 11 is 1.81. The van der Waals surface area contributed by atoms with Crippen LogP contribution in [0.25, 0.3) is 26.2 Å². The second-order valence-electron chi connectivity index (χ2n) is 5.44. The zero-order valence-electron chi connectivity index (χ0n) is 12.5. The first-order chi connectivity index (χ1) is 11.3. The fraction of sp³-hybridized carbons (Fsp3) is 0. The molecule has 23 heavy (non-hydrogen) atoms. The van der Waals surface area contributed by atoms with Crippen LogP contribution in [0.3, 0.4) is 0 Å². The van der Waals surface area contributed by atoms with E-state index >= 15 is 0 Å². The number of fused-ring (bicyclic) bond motifs is 3. The molecule has 0 saturated carbocycles. The van der Waals surface area contributed by atoms with Gasteiger partial charge in [-0.05, 0) is 23.3 Å². The molecule has 1 heterocycles. The first-order valence-corrected chi connectivity index (χ1v) is 8.37. The van der Waals surface area contributed by atoms with Crippen LogP contribution in [-0.4, -0.2) is 5.71 Å². The maximum absolute atomic E-state index is 8.21. The quantitative estimate of drug-likeness (QED) is 0.440. The molecule has 0 fully saturated rings. The monoisotopic (exact) mass is 313 g/mol. The zero-order valence-corrected chi connectivity index (χ0v) is 13.3. The van der Waals surface area contributed by atoms with Crippen molar-refractivity contribution in [3.05, 3.63) is 90.0 Å². The molecule has 4 rings (SSSR count). The average Bonchev–Trinajstić information content (AvgIpc) is 3.00. The van der Waals surface area contributed by atoms with Gasteiger partial charge in [-0.3, -0.25) is 0 Å². The van der Waals surface area contributed by atoms with E-state index in [4.69, 9.17) is 5.41 Å². The Morgan fingerprint density at radius 1 is 0.783 bits per heavy atom. The highest BCUT2D eigenvalue weighted by Gasteiger charge is 2.06. The van der Waals surface area contributed by atoms with Gasteiger partial charge in [-0.15, -0.1) is 11.3 Å². The van der Waals surface area contributed by atoms with Crippen molar-refractivity contribution in [2.75, 3.05) is 0 Å². The van der Waals surface area contributed by atoms with Crippen molar-refractivity contribution in [1.82, 2.24) is 0 Å². The Bertz CT molecular complexity index is 1030. The van der Waals surface area contributed by atoms with Crippen LogP contribution in [0.5, 0.6) is 0 Å². The molecule has 1 aromatic heterocycles. The predicted octanol–water partition coefficient (Wildman–Crippen LogP) is 6.14. The SMILES string of the molecule is N=C(/C=C/c1cccc2c1sc1ccccc12)c1ccccc1. The molecular weight excluding hydrogens is 298 g/mol. The normalized spacial score (nSPS) is 11.5. The van der Waals surface area contributed by atoms with Crippen LogP contribution in [0.2, 0.25) is 0 Å². The lowest BCUT2D eigenvalue weighted by Crippen LogP contribution is -1.92. The van der Waals surface area contributed by atoms with Gasteiger partial charge < -0.3 is 5.41 Å². The molecule has 0 spiro atoms. The lowest BCUT2D eigenvalue weighted by atomic mass is 10.1. The van der Waals surface area contributed by atoms with Crippen molar-refractivity contribution >= 4 is 43.3 Å². The molecule has 0 aliphatic carbocycles. The molecule has 0 saturated heterocycles. The molecule has 0 atom stereocenters. The van der Waals surface area contributed by atoms with Crippen molar-refractivity contribution < 1.29 is 0 Å². The Kier molecular flexibility index (Phi) is 3.52. The van der Waals surface area contributed by atoms with Crippen molar-refractivity contribution in [3.63, 3.8) is 0 Å². The Hall–Kier alpha value is -2.71. The summed E-state index contributed by atoms with van der Waals surface area (Å²) < 4.78 is 2.59. The van der Waals surface area contributed by atoms with E-state index in [2.05, 4.69) is 42.5 Å². The number of rotatable bonds is 3. The van der Waals surface area contributed by atoms with E-state index in [1.165, 1.54) is 25.7 Å². The Balaban J connectivity index is 1.77. The van der Waals surface area contributed by atoms with E-state index in [9.17, 15) is 0 Å². The average molecular weight is 313 g/mol. The zero-order chi connectivity index (χ0) is 15.6. The minimum Gasteiger partial charge on any atom is -0.300 e. The Morgan fingerprint density at radius 2 is 1.52 bits per heavy atom. The maximum Gasteiger partial charge on any atom is 0.0612 e. The molecule has 2 heteroatoms. The van der Waals surface area contributed by atoms with E-state index in [0.717, 1.165) is 5.56 Å². The largest absolute Gasteiger partial charge is 0.300 e. The lowest BCUT2D eigenvalue weighted by Gasteiger charge is -1.99. The Labute approximate surface area is 139 Å². The molecule has 1 N–H and O–H groups in total. The highest BCUT2D eigenvalue weighted by Crippen LogP contribution is 2.36. The van der Waals surface area contributed by atoms with Crippen LogP contribution in [-0.2, 0) is 0 Å². The summed E-state index contributed by atoms with van der Waals surface area (Å²) in [4.78, 5) is 0. The molecule has 0 bridgehead atoms. The number of benzene rings is 3. The van der Waals surface area contributed by atoms with Crippen molar-refractivity contribution in [1.29, 1.82) is 5.41 Å². The van der Waals surface area contributed by atoms with Crippen molar-refractivity contribution in [2.24, 2.45) is 0 Å². The number of nitrogens with one attached hydrogen (secondary N) is 1. The van der Waals surface area contributed by atoms with Gasteiger partial charge in [0.2, 0.25) is 0 Å². The molecular formula is C21H15NS. The van der Waals surface area contributed by atoms with E-state index in [1.54, 1.807) is 0 Å². The molecule has 0 aliphatic heterocycles.